The molecule has 1 aromatic carbocycles. The predicted octanol–water partition coefficient (Wildman–Crippen LogP) is 3.73. The Morgan fingerprint density at radius 3 is 2.90 bits per heavy atom. The number of benzene rings is 1. The van der Waals surface area contributed by atoms with Gasteiger partial charge in [-0.05, 0) is 30.5 Å². The van der Waals surface area contributed by atoms with E-state index in [0.717, 1.165) is 18.2 Å². The van der Waals surface area contributed by atoms with Crippen molar-refractivity contribution in [3.8, 4) is 5.75 Å². The van der Waals surface area contributed by atoms with Crippen LogP contribution in [0.3, 0.4) is 0 Å². The fraction of sp³-hybridized carbons (Fsp3) is 0.312. The molecule has 0 spiro atoms. The van der Waals surface area contributed by atoms with Crippen molar-refractivity contribution >= 4 is 11.6 Å². The second kappa shape index (κ2) is 7.38. The van der Waals surface area contributed by atoms with Crippen molar-refractivity contribution in [1.82, 2.24) is 4.98 Å². The van der Waals surface area contributed by atoms with Crippen molar-refractivity contribution in [2.75, 3.05) is 0 Å². The maximum Gasteiger partial charge on any atom is 0.141 e. The lowest BCUT2D eigenvalue weighted by Gasteiger charge is -2.15. The Balaban J connectivity index is 2.15. The second-order valence-corrected chi connectivity index (χ2v) is 5.31. The molecule has 2 N–H and O–H groups in total. The van der Waals surface area contributed by atoms with Crippen LogP contribution in [0.2, 0.25) is 5.02 Å². The first-order valence-corrected chi connectivity index (χ1v) is 7.23. The molecule has 5 heteroatoms. The lowest BCUT2D eigenvalue weighted by atomic mass is 10.0. The van der Waals surface area contributed by atoms with Crippen LogP contribution in [0.5, 0.6) is 5.75 Å². The quantitative estimate of drug-likeness (QED) is 0.884. The monoisotopic (exact) mass is 308 g/mol. The van der Waals surface area contributed by atoms with Gasteiger partial charge in [0, 0.05) is 17.8 Å². The van der Waals surface area contributed by atoms with Gasteiger partial charge in [-0.1, -0.05) is 30.7 Å². The van der Waals surface area contributed by atoms with E-state index in [9.17, 15) is 4.39 Å². The van der Waals surface area contributed by atoms with E-state index in [4.69, 9.17) is 22.1 Å². The summed E-state index contributed by atoms with van der Waals surface area (Å²) < 4.78 is 18.9. The van der Waals surface area contributed by atoms with Gasteiger partial charge >= 0.3 is 0 Å². The predicted molar refractivity (Wildman–Crippen MR) is 81.9 cm³/mol. The van der Waals surface area contributed by atoms with Crippen molar-refractivity contribution in [2.45, 2.75) is 32.4 Å². The molecule has 21 heavy (non-hydrogen) atoms. The molecule has 0 aliphatic heterocycles. The highest BCUT2D eigenvalue weighted by molar-refractivity contribution is 6.32. The van der Waals surface area contributed by atoms with Gasteiger partial charge in [0.2, 0.25) is 0 Å². The van der Waals surface area contributed by atoms with Gasteiger partial charge in [0.25, 0.3) is 0 Å². The van der Waals surface area contributed by atoms with E-state index in [-0.39, 0.29) is 18.5 Å². The lowest BCUT2D eigenvalue weighted by molar-refractivity contribution is 0.301. The Morgan fingerprint density at radius 1 is 1.38 bits per heavy atom. The lowest BCUT2D eigenvalue weighted by Crippen LogP contribution is -2.21. The van der Waals surface area contributed by atoms with Crippen LogP contribution in [-0.2, 0) is 13.0 Å². The van der Waals surface area contributed by atoms with Gasteiger partial charge in [0.15, 0.2) is 0 Å². The molecule has 0 saturated carbocycles. The van der Waals surface area contributed by atoms with E-state index >= 15 is 0 Å². The minimum atomic E-state index is -0.386. The number of pyridine rings is 1. The van der Waals surface area contributed by atoms with E-state index in [1.807, 2.05) is 19.1 Å². The van der Waals surface area contributed by atoms with Gasteiger partial charge in [-0.2, -0.15) is 0 Å². The first-order valence-electron chi connectivity index (χ1n) is 6.85. The van der Waals surface area contributed by atoms with Crippen LogP contribution in [0.25, 0.3) is 0 Å². The number of nitrogens with two attached hydrogens (primary N) is 1. The van der Waals surface area contributed by atoms with Crippen molar-refractivity contribution in [1.29, 1.82) is 0 Å². The Labute approximate surface area is 128 Å². The first-order chi connectivity index (χ1) is 10.1. The molecule has 2 aromatic rings. The van der Waals surface area contributed by atoms with Crippen LogP contribution in [0.4, 0.5) is 4.39 Å². The van der Waals surface area contributed by atoms with Gasteiger partial charge in [-0.15, -0.1) is 0 Å². The minimum Gasteiger partial charge on any atom is -0.487 e. The summed E-state index contributed by atoms with van der Waals surface area (Å²) in [6.07, 6.45) is 4.29. The van der Waals surface area contributed by atoms with Crippen LogP contribution >= 0.6 is 11.6 Å². The Hall–Kier alpha value is -1.65. The van der Waals surface area contributed by atoms with Crippen LogP contribution in [0, 0.1) is 5.82 Å². The summed E-state index contributed by atoms with van der Waals surface area (Å²) in [7, 11) is 0. The molecule has 1 unspecified atom stereocenters. The summed E-state index contributed by atoms with van der Waals surface area (Å²) in [4.78, 5) is 3.80. The summed E-state index contributed by atoms with van der Waals surface area (Å²) in [6.45, 7) is 2.25. The SMILES string of the molecule is CCC(N)Cc1cccc(Cl)c1OCc1cncc(F)c1. The Morgan fingerprint density at radius 2 is 2.19 bits per heavy atom. The van der Waals surface area contributed by atoms with Gasteiger partial charge in [0.1, 0.15) is 18.2 Å². The normalized spacial score (nSPS) is 12.2. The number of aromatic nitrogens is 1. The van der Waals surface area contributed by atoms with E-state index in [2.05, 4.69) is 4.98 Å². The molecule has 112 valence electrons. The third-order valence-electron chi connectivity index (χ3n) is 3.20. The zero-order valence-electron chi connectivity index (χ0n) is 11.9. The maximum atomic E-state index is 13.1. The number of hydrogen-bond acceptors (Lipinski definition) is 3. The maximum absolute atomic E-state index is 13.1. The smallest absolute Gasteiger partial charge is 0.141 e. The molecule has 0 bridgehead atoms. The molecule has 0 fully saturated rings. The molecule has 0 amide bonds. The van der Waals surface area contributed by atoms with Gasteiger partial charge in [-0.25, -0.2) is 4.39 Å². The minimum absolute atomic E-state index is 0.0571. The molecular weight excluding hydrogens is 291 g/mol. The van der Waals surface area contributed by atoms with E-state index in [0.29, 0.717) is 22.8 Å². The fourth-order valence-corrected chi connectivity index (χ4v) is 2.24. The highest BCUT2D eigenvalue weighted by atomic mass is 35.5. The van der Waals surface area contributed by atoms with Gasteiger partial charge in [-0.3, -0.25) is 4.98 Å². The standard InChI is InChI=1S/C16H18ClFN2O/c1-2-14(19)7-12-4-3-5-15(17)16(12)21-10-11-6-13(18)9-20-8-11/h3-6,8-9,14H,2,7,10,19H2,1H3. The second-order valence-electron chi connectivity index (χ2n) is 4.90. The number of para-hydroxylation sites is 1. The highest BCUT2D eigenvalue weighted by Crippen LogP contribution is 2.30. The zero-order chi connectivity index (χ0) is 15.2. The molecule has 0 radical (unpaired) electrons. The van der Waals surface area contributed by atoms with Crippen LogP contribution in [0.1, 0.15) is 24.5 Å². The molecule has 1 aromatic heterocycles. The number of halogens is 2. The first kappa shape index (κ1) is 15.7. The highest BCUT2D eigenvalue weighted by Gasteiger charge is 2.12. The molecule has 2 rings (SSSR count). The zero-order valence-corrected chi connectivity index (χ0v) is 12.6. The van der Waals surface area contributed by atoms with E-state index in [1.54, 1.807) is 12.3 Å². The molecule has 1 heterocycles. The van der Waals surface area contributed by atoms with Crippen LogP contribution in [0.15, 0.2) is 36.7 Å². The van der Waals surface area contributed by atoms with Gasteiger partial charge in [0.05, 0.1) is 11.2 Å². The number of rotatable bonds is 6. The number of nitrogens with zero attached hydrogens (tertiary/aromatic N) is 1. The topological polar surface area (TPSA) is 48.1 Å². The summed E-state index contributed by atoms with van der Waals surface area (Å²) in [5.74, 6) is 0.218. The molecule has 0 aliphatic rings. The van der Waals surface area contributed by atoms with Crippen molar-refractivity contribution in [3.05, 3.63) is 58.6 Å². The number of ether oxygens (including phenoxy) is 1. The average molecular weight is 309 g/mol. The summed E-state index contributed by atoms with van der Waals surface area (Å²) in [5, 5.41) is 0.528. The third kappa shape index (κ3) is 4.41. The molecule has 3 nitrogen and oxygen atoms in total. The Bertz CT molecular complexity index is 607. The molecule has 0 aliphatic carbocycles. The fourth-order valence-electron chi connectivity index (χ4n) is 1.99. The molecule has 1 atom stereocenters. The van der Waals surface area contributed by atoms with E-state index < -0.39 is 0 Å². The average Bonchev–Trinajstić information content (AvgIpc) is 2.46. The van der Waals surface area contributed by atoms with Crippen molar-refractivity contribution in [2.24, 2.45) is 5.73 Å². The van der Waals surface area contributed by atoms with E-state index in [1.165, 1.54) is 6.07 Å². The summed E-state index contributed by atoms with van der Waals surface area (Å²) in [6, 6.07) is 7.03. The molecular formula is C16H18ClFN2O. The summed E-state index contributed by atoms with van der Waals surface area (Å²) >= 11 is 6.20. The number of hydrogen-bond donors (Lipinski definition) is 1. The van der Waals surface area contributed by atoms with Crippen molar-refractivity contribution in [3.63, 3.8) is 0 Å². The third-order valence-corrected chi connectivity index (χ3v) is 3.50. The van der Waals surface area contributed by atoms with Gasteiger partial charge < -0.3 is 10.5 Å². The van der Waals surface area contributed by atoms with Crippen LogP contribution in [-0.4, -0.2) is 11.0 Å². The van der Waals surface area contributed by atoms with Crippen LogP contribution < -0.4 is 10.5 Å². The summed E-state index contributed by atoms with van der Waals surface area (Å²) in [5.41, 5.74) is 7.61. The Kier molecular flexibility index (Phi) is 5.53. The largest absolute Gasteiger partial charge is 0.487 e. The molecule has 0 saturated heterocycles. The van der Waals surface area contributed by atoms with Crippen molar-refractivity contribution < 1.29 is 9.13 Å².